The number of anilines is 1. The average molecular weight is 536 g/mol. The fraction of sp³-hybridized carbons (Fsp3) is 0.156. The molecule has 2 heterocycles. The Morgan fingerprint density at radius 3 is 2.45 bits per heavy atom. The number of benzene rings is 3. The number of carbonyl (C=O) groups is 2. The second kappa shape index (κ2) is 9.96. The monoisotopic (exact) mass is 535 g/mol. The first-order valence-electron chi connectivity index (χ1n) is 13.0. The van der Waals surface area contributed by atoms with Gasteiger partial charge in [0.05, 0.1) is 11.1 Å². The Morgan fingerprint density at radius 1 is 1.02 bits per heavy atom. The molecule has 0 unspecified atom stereocenters. The molecule has 0 spiro atoms. The van der Waals surface area contributed by atoms with Crippen molar-refractivity contribution in [3.05, 3.63) is 102 Å². The highest BCUT2D eigenvalue weighted by Crippen LogP contribution is 2.39. The molecule has 0 aliphatic heterocycles. The van der Waals surface area contributed by atoms with Crippen molar-refractivity contribution in [2.75, 3.05) is 11.9 Å². The van der Waals surface area contributed by atoms with Gasteiger partial charge in [-0.1, -0.05) is 12.1 Å². The molecule has 200 valence electrons. The summed E-state index contributed by atoms with van der Waals surface area (Å²) in [7, 11) is 1.54. The smallest absolute Gasteiger partial charge is 0.263 e. The van der Waals surface area contributed by atoms with Gasteiger partial charge >= 0.3 is 0 Å². The maximum Gasteiger partial charge on any atom is 0.263 e. The zero-order chi connectivity index (χ0) is 28.0. The number of aromatic hydroxyl groups is 1. The molecule has 1 saturated carbocycles. The Morgan fingerprint density at radius 2 is 1.77 bits per heavy atom. The zero-order valence-electron chi connectivity index (χ0n) is 21.9. The maximum atomic E-state index is 13.8. The summed E-state index contributed by atoms with van der Waals surface area (Å²) in [5.41, 5.74) is 3.79. The van der Waals surface area contributed by atoms with Crippen LogP contribution in [0.3, 0.4) is 0 Å². The summed E-state index contributed by atoms with van der Waals surface area (Å²) in [6, 6.07) is 19.9. The number of hydrogen-bond acceptors (Lipinski definition) is 5. The Hall–Kier alpha value is -4.98. The van der Waals surface area contributed by atoms with Gasteiger partial charge in [-0.15, -0.1) is 0 Å². The molecule has 1 aliphatic carbocycles. The van der Waals surface area contributed by atoms with Gasteiger partial charge in [0, 0.05) is 30.2 Å². The number of furan rings is 1. The summed E-state index contributed by atoms with van der Waals surface area (Å²) in [6.07, 6.45) is 3.39. The van der Waals surface area contributed by atoms with E-state index in [1.165, 1.54) is 19.2 Å². The number of hydrogen-bond donors (Lipinski definition) is 2. The van der Waals surface area contributed by atoms with Gasteiger partial charge in [0.2, 0.25) is 0 Å². The highest BCUT2D eigenvalue weighted by molar-refractivity contribution is 6.12. The molecule has 2 aromatic heterocycles. The summed E-state index contributed by atoms with van der Waals surface area (Å²) in [5, 5.41) is 14.1. The minimum atomic E-state index is -0.389. The van der Waals surface area contributed by atoms with Crippen LogP contribution in [-0.2, 0) is 0 Å². The Balaban J connectivity index is 1.47. The third-order valence-electron chi connectivity index (χ3n) is 7.16. The number of nitrogens with one attached hydrogen (secondary N) is 1. The number of fused-ring (bicyclic) bond motifs is 1. The molecule has 2 N–H and O–H groups in total. The van der Waals surface area contributed by atoms with Crippen molar-refractivity contribution in [2.24, 2.45) is 0 Å². The molecule has 8 heteroatoms. The number of carbonyl (C=O) groups excluding carboxylic acids is 2. The molecule has 3 aromatic carbocycles. The summed E-state index contributed by atoms with van der Waals surface area (Å²) < 4.78 is 19.6. The number of phenols is 1. The molecule has 0 atom stereocenters. The Labute approximate surface area is 229 Å². The SMILES string of the molecule is CNC(=O)c1c(-c2ccc(F)cc2)oc2ccc(-c3cc(C(=O)N(c4ccccn4)C4CC4)c(O)cc3C)cc12. The van der Waals surface area contributed by atoms with E-state index in [1.807, 2.05) is 25.1 Å². The summed E-state index contributed by atoms with van der Waals surface area (Å²) in [6.45, 7) is 1.85. The number of aryl methyl sites for hydroxylation is 1. The maximum absolute atomic E-state index is 13.8. The van der Waals surface area contributed by atoms with Gasteiger partial charge in [0.15, 0.2) is 0 Å². The molecule has 0 bridgehead atoms. The number of halogens is 1. The molecule has 1 fully saturated rings. The second-order valence-corrected chi connectivity index (χ2v) is 9.88. The number of rotatable bonds is 6. The highest BCUT2D eigenvalue weighted by Gasteiger charge is 2.36. The van der Waals surface area contributed by atoms with Crippen molar-refractivity contribution in [1.82, 2.24) is 10.3 Å². The van der Waals surface area contributed by atoms with Gasteiger partial charge in [0.1, 0.15) is 28.7 Å². The van der Waals surface area contributed by atoms with Crippen LogP contribution in [0.25, 0.3) is 33.4 Å². The Bertz CT molecular complexity index is 1760. The van der Waals surface area contributed by atoms with Crippen molar-refractivity contribution >= 4 is 28.6 Å². The molecular weight excluding hydrogens is 509 g/mol. The number of nitrogens with zero attached hydrogens (tertiary/aromatic N) is 2. The summed E-state index contributed by atoms with van der Waals surface area (Å²) in [4.78, 5) is 32.8. The molecule has 0 saturated heterocycles. The van der Waals surface area contributed by atoms with Crippen molar-refractivity contribution in [2.45, 2.75) is 25.8 Å². The van der Waals surface area contributed by atoms with Crippen LogP contribution in [0, 0.1) is 12.7 Å². The highest BCUT2D eigenvalue weighted by atomic mass is 19.1. The summed E-state index contributed by atoms with van der Waals surface area (Å²) in [5.74, 6) is -0.292. The molecule has 5 aromatic rings. The lowest BCUT2D eigenvalue weighted by atomic mass is 9.95. The molecule has 1 aliphatic rings. The fourth-order valence-corrected chi connectivity index (χ4v) is 5.01. The van der Waals surface area contributed by atoms with Crippen molar-refractivity contribution < 1.29 is 23.5 Å². The quantitative estimate of drug-likeness (QED) is 0.259. The lowest BCUT2D eigenvalue weighted by Gasteiger charge is -2.22. The van der Waals surface area contributed by atoms with Gasteiger partial charge in [0.25, 0.3) is 11.8 Å². The molecular formula is C32H26FN3O4. The van der Waals surface area contributed by atoms with Crippen LogP contribution in [0.2, 0.25) is 0 Å². The lowest BCUT2D eigenvalue weighted by molar-refractivity contribution is 0.0961. The largest absolute Gasteiger partial charge is 0.507 e. The topological polar surface area (TPSA) is 95.7 Å². The molecule has 0 radical (unpaired) electrons. The van der Waals surface area contributed by atoms with Crippen molar-refractivity contribution in [3.63, 3.8) is 0 Å². The molecule has 6 rings (SSSR count). The Kier molecular flexibility index (Phi) is 6.30. The molecule has 40 heavy (non-hydrogen) atoms. The van der Waals surface area contributed by atoms with Crippen LogP contribution in [-0.4, -0.2) is 35.0 Å². The summed E-state index contributed by atoms with van der Waals surface area (Å²) >= 11 is 0. The number of phenolic OH excluding ortho intramolecular Hbond substituents is 1. The van der Waals surface area contributed by atoms with Gasteiger partial charge in [-0.3, -0.25) is 14.5 Å². The van der Waals surface area contributed by atoms with Crippen molar-refractivity contribution in [3.8, 4) is 28.2 Å². The first-order chi connectivity index (χ1) is 19.4. The van der Waals surface area contributed by atoms with Crippen LogP contribution in [0.5, 0.6) is 5.75 Å². The minimum Gasteiger partial charge on any atom is -0.507 e. The van der Waals surface area contributed by atoms with Gasteiger partial charge < -0.3 is 14.8 Å². The van der Waals surface area contributed by atoms with Crippen LogP contribution in [0.4, 0.5) is 10.2 Å². The van der Waals surface area contributed by atoms with Gasteiger partial charge in [-0.05, 0) is 97.1 Å². The third-order valence-corrected chi connectivity index (χ3v) is 7.16. The normalized spacial score (nSPS) is 12.9. The van der Waals surface area contributed by atoms with Crippen LogP contribution in [0.15, 0.2) is 83.4 Å². The van der Waals surface area contributed by atoms with Gasteiger partial charge in [-0.2, -0.15) is 0 Å². The van der Waals surface area contributed by atoms with E-state index in [2.05, 4.69) is 10.3 Å². The van der Waals surface area contributed by atoms with E-state index in [0.29, 0.717) is 33.7 Å². The van der Waals surface area contributed by atoms with Crippen LogP contribution >= 0.6 is 0 Å². The number of aromatic nitrogens is 1. The average Bonchev–Trinajstić information content (AvgIpc) is 3.72. The fourth-order valence-electron chi connectivity index (χ4n) is 5.01. The van der Waals surface area contributed by atoms with E-state index in [-0.39, 0.29) is 35.0 Å². The zero-order valence-corrected chi connectivity index (χ0v) is 21.9. The van der Waals surface area contributed by atoms with E-state index in [4.69, 9.17) is 4.42 Å². The lowest BCUT2D eigenvalue weighted by Crippen LogP contribution is -2.33. The van der Waals surface area contributed by atoms with E-state index in [9.17, 15) is 19.1 Å². The van der Waals surface area contributed by atoms with Gasteiger partial charge in [-0.25, -0.2) is 9.37 Å². The van der Waals surface area contributed by atoms with E-state index < -0.39 is 0 Å². The standard InChI is InChI=1S/C32H26FN3O4/c1-18-15-26(37)24(32(39)36(22-11-12-22)28-5-3-4-14-35-28)17-23(18)20-8-13-27-25(16-20)29(31(38)34-2)30(40-27)19-6-9-21(33)10-7-19/h3-10,13-17,22,37H,11-12H2,1-2H3,(H,34,38). The van der Waals surface area contributed by atoms with Crippen molar-refractivity contribution in [1.29, 1.82) is 0 Å². The molecule has 7 nitrogen and oxygen atoms in total. The number of pyridine rings is 1. The number of amides is 2. The predicted molar refractivity (Wildman–Crippen MR) is 151 cm³/mol. The van der Waals surface area contributed by atoms with E-state index >= 15 is 0 Å². The predicted octanol–water partition coefficient (Wildman–Crippen LogP) is 6.48. The first kappa shape index (κ1) is 25.3. The minimum absolute atomic E-state index is 0.0360. The van der Waals surface area contributed by atoms with Crippen LogP contribution in [0.1, 0.15) is 39.1 Å². The first-order valence-corrected chi connectivity index (χ1v) is 13.0. The van der Waals surface area contributed by atoms with E-state index in [0.717, 1.165) is 29.5 Å². The van der Waals surface area contributed by atoms with E-state index in [1.54, 1.807) is 53.6 Å². The second-order valence-electron chi connectivity index (χ2n) is 9.88. The van der Waals surface area contributed by atoms with Crippen LogP contribution < -0.4 is 10.2 Å². The molecule has 2 amide bonds. The third kappa shape index (κ3) is 4.47.